The van der Waals surface area contributed by atoms with E-state index in [0.717, 1.165) is 55.8 Å². The van der Waals surface area contributed by atoms with Gasteiger partial charge in [0, 0.05) is 43.8 Å². The molecular formula is C27H30N6O. The second-order valence-electron chi connectivity index (χ2n) is 8.35. The molecule has 0 saturated carbocycles. The number of aromatic nitrogens is 2. The molecule has 0 bridgehead atoms. The molecule has 0 unspecified atom stereocenters. The SMILES string of the molecule is CCN(c1ncnc(N2CCN(c3ccc(OC)cc3)CC2)c1N)c1cccc2ccccc12. The molecule has 7 heteroatoms. The summed E-state index contributed by atoms with van der Waals surface area (Å²) in [7, 11) is 1.69. The fourth-order valence-electron chi connectivity index (χ4n) is 4.69. The van der Waals surface area contributed by atoms with Crippen LogP contribution in [-0.2, 0) is 0 Å². The average molecular weight is 455 g/mol. The average Bonchev–Trinajstić information content (AvgIpc) is 2.90. The molecule has 174 valence electrons. The Bertz CT molecular complexity index is 1260. The summed E-state index contributed by atoms with van der Waals surface area (Å²) in [6.07, 6.45) is 1.63. The highest BCUT2D eigenvalue weighted by Gasteiger charge is 2.24. The van der Waals surface area contributed by atoms with Crippen molar-refractivity contribution in [1.82, 2.24) is 9.97 Å². The van der Waals surface area contributed by atoms with Gasteiger partial charge in [0.05, 0.1) is 12.8 Å². The molecular weight excluding hydrogens is 424 g/mol. The molecule has 1 saturated heterocycles. The molecule has 0 radical (unpaired) electrons. The van der Waals surface area contributed by atoms with Gasteiger partial charge >= 0.3 is 0 Å². The molecule has 1 fully saturated rings. The third-order valence-electron chi connectivity index (χ3n) is 6.49. The van der Waals surface area contributed by atoms with Crippen molar-refractivity contribution in [3.63, 3.8) is 0 Å². The van der Waals surface area contributed by atoms with Crippen molar-refractivity contribution in [2.75, 3.05) is 60.3 Å². The van der Waals surface area contributed by atoms with E-state index in [-0.39, 0.29) is 0 Å². The van der Waals surface area contributed by atoms with Crippen LogP contribution in [0.25, 0.3) is 10.8 Å². The maximum atomic E-state index is 6.71. The van der Waals surface area contributed by atoms with Gasteiger partial charge in [0.15, 0.2) is 11.6 Å². The Morgan fingerprint density at radius 2 is 1.59 bits per heavy atom. The smallest absolute Gasteiger partial charge is 0.161 e. The number of hydrogen-bond acceptors (Lipinski definition) is 7. The second kappa shape index (κ2) is 9.47. The van der Waals surface area contributed by atoms with Gasteiger partial charge in [-0.25, -0.2) is 9.97 Å². The lowest BCUT2D eigenvalue weighted by Gasteiger charge is -2.37. The van der Waals surface area contributed by atoms with Gasteiger partial charge in [-0.1, -0.05) is 36.4 Å². The lowest BCUT2D eigenvalue weighted by atomic mass is 10.1. The molecule has 0 aliphatic carbocycles. The van der Waals surface area contributed by atoms with E-state index < -0.39 is 0 Å². The van der Waals surface area contributed by atoms with E-state index in [2.05, 4.69) is 86.2 Å². The lowest BCUT2D eigenvalue weighted by Crippen LogP contribution is -2.47. The van der Waals surface area contributed by atoms with Crippen LogP contribution in [0.3, 0.4) is 0 Å². The predicted molar refractivity (Wildman–Crippen MR) is 140 cm³/mol. The summed E-state index contributed by atoms with van der Waals surface area (Å²) in [4.78, 5) is 16.0. The van der Waals surface area contributed by atoms with Gasteiger partial charge in [0.1, 0.15) is 17.8 Å². The molecule has 1 aliphatic rings. The fourth-order valence-corrected chi connectivity index (χ4v) is 4.69. The highest BCUT2D eigenvalue weighted by molar-refractivity contribution is 5.97. The maximum absolute atomic E-state index is 6.71. The molecule has 2 heterocycles. The van der Waals surface area contributed by atoms with Crippen LogP contribution in [0.4, 0.5) is 28.7 Å². The first-order chi connectivity index (χ1) is 16.7. The van der Waals surface area contributed by atoms with E-state index >= 15 is 0 Å². The van der Waals surface area contributed by atoms with Crippen LogP contribution in [-0.4, -0.2) is 49.8 Å². The zero-order valence-corrected chi connectivity index (χ0v) is 19.7. The molecule has 34 heavy (non-hydrogen) atoms. The minimum atomic E-state index is 0.621. The van der Waals surface area contributed by atoms with Crippen molar-refractivity contribution in [2.24, 2.45) is 0 Å². The molecule has 5 rings (SSSR count). The third-order valence-corrected chi connectivity index (χ3v) is 6.49. The first-order valence-corrected chi connectivity index (χ1v) is 11.7. The molecule has 4 aromatic rings. The van der Waals surface area contributed by atoms with Crippen molar-refractivity contribution < 1.29 is 4.74 Å². The van der Waals surface area contributed by atoms with Gasteiger partial charge in [0.2, 0.25) is 0 Å². The first-order valence-electron chi connectivity index (χ1n) is 11.7. The van der Waals surface area contributed by atoms with E-state index in [1.807, 2.05) is 12.1 Å². The van der Waals surface area contributed by atoms with Gasteiger partial charge in [-0.15, -0.1) is 0 Å². The topological polar surface area (TPSA) is 70.8 Å². The predicted octanol–water partition coefficient (Wildman–Crippen LogP) is 4.71. The van der Waals surface area contributed by atoms with E-state index in [1.165, 1.54) is 16.5 Å². The summed E-state index contributed by atoms with van der Waals surface area (Å²) >= 11 is 0. The van der Waals surface area contributed by atoms with Crippen LogP contribution in [0, 0.1) is 0 Å². The second-order valence-corrected chi connectivity index (χ2v) is 8.35. The van der Waals surface area contributed by atoms with Crippen molar-refractivity contribution in [3.8, 4) is 5.75 Å². The van der Waals surface area contributed by atoms with E-state index in [9.17, 15) is 0 Å². The summed E-state index contributed by atoms with van der Waals surface area (Å²) in [5.74, 6) is 2.43. The van der Waals surface area contributed by atoms with Gasteiger partial charge in [-0.05, 0) is 42.6 Å². The Morgan fingerprint density at radius 3 is 2.32 bits per heavy atom. The third kappa shape index (κ3) is 4.05. The van der Waals surface area contributed by atoms with E-state index in [1.54, 1.807) is 13.4 Å². The molecule has 7 nitrogen and oxygen atoms in total. The Kier molecular flexibility index (Phi) is 6.08. The summed E-state index contributed by atoms with van der Waals surface area (Å²) in [6, 6.07) is 23.0. The van der Waals surface area contributed by atoms with Gasteiger partial charge < -0.3 is 25.2 Å². The Morgan fingerprint density at radius 1 is 0.882 bits per heavy atom. The minimum Gasteiger partial charge on any atom is -0.497 e. The van der Waals surface area contributed by atoms with Gasteiger partial charge in [0.25, 0.3) is 0 Å². The highest BCUT2D eigenvalue weighted by atomic mass is 16.5. The van der Waals surface area contributed by atoms with Crippen LogP contribution in [0.15, 0.2) is 73.1 Å². The van der Waals surface area contributed by atoms with Crippen LogP contribution >= 0.6 is 0 Å². The number of piperazine rings is 1. The van der Waals surface area contributed by atoms with Crippen LogP contribution in [0.2, 0.25) is 0 Å². The Hall–Kier alpha value is -4.00. The van der Waals surface area contributed by atoms with Gasteiger partial charge in [-0.3, -0.25) is 0 Å². The highest BCUT2D eigenvalue weighted by Crippen LogP contribution is 2.37. The van der Waals surface area contributed by atoms with E-state index in [0.29, 0.717) is 5.69 Å². The van der Waals surface area contributed by atoms with E-state index in [4.69, 9.17) is 10.5 Å². The minimum absolute atomic E-state index is 0.621. The number of nitrogens with zero attached hydrogens (tertiary/aromatic N) is 5. The van der Waals surface area contributed by atoms with Gasteiger partial charge in [-0.2, -0.15) is 0 Å². The van der Waals surface area contributed by atoms with Crippen molar-refractivity contribution in [3.05, 3.63) is 73.1 Å². The fraction of sp³-hybridized carbons (Fsp3) is 0.259. The summed E-state index contributed by atoms with van der Waals surface area (Å²) < 4.78 is 5.28. The molecule has 1 aliphatic heterocycles. The number of rotatable bonds is 6. The molecule has 2 N–H and O–H groups in total. The van der Waals surface area contributed by atoms with Crippen LogP contribution in [0.5, 0.6) is 5.75 Å². The normalized spacial score (nSPS) is 13.8. The lowest BCUT2D eigenvalue weighted by molar-refractivity contribution is 0.415. The monoisotopic (exact) mass is 454 g/mol. The zero-order valence-electron chi connectivity index (χ0n) is 19.7. The number of fused-ring (bicyclic) bond motifs is 1. The number of methoxy groups -OCH3 is 1. The number of ether oxygens (including phenoxy) is 1. The number of anilines is 5. The number of nitrogens with two attached hydrogens (primary N) is 1. The molecule has 0 amide bonds. The van der Waals surface area contributed by atoms with Crippen molar-refractivity contribution in [2.45, 2.75) is 6.92 Å². The summed E-state index contributed by atoms with van der Waals surface area (Å²) in [5, 5.41) is 2.38. The summed E-state index contributed by atoms with van der Waals surface area (Å²) in [5.41, 5.74) is 9.63. The zero-order chi connectivity index (χ0) is 23.5. The largest absolute Gasteiger partial charge is 0.497 e. The van der Waals surface area contributed by atoms with Crippen molar-refractivity contribution in [1.29, 1.82) is 0 Å². The van der Waals surface area contributed by atoms with Crippen molar-refractivity contribution >= 4 is 39.5 Å². The first kappa shape index (κ1) is 21.8. The number of benzene rings is 3. The molecule has 0 atom stereocenters. The van der Waals surface area contributed by atoms with Crippen LogP contribution in [0.1, 0.15) is 6.92 Å². The molecule has 0 spiro atoms. The quantitative estimate of drug-likeness (QED) is 0.453. The standard InChI is InChI=1S/C27H30N6O/c1-3-33(24-10-6-8-20-7-4-5-9-23(20)24)27-25(28)26(29-19-30-27)32-17-15-31(16-18-32)21-11-13-22(34-2)14-12-21/h4-14,19H,3,15-18,28H2,1-2H3. The maximum Gasteiger partial charge on any atom is 0.161 e. The number of nitrogen functional groups attached to an aromatic ring is 1. The number of hydrogen-bond donors (Lipinski definition) is 1. The summed E-state index contributed by atoms with van der Waals surface area (Å²) in [6.45, 7) is 6.34. The Labute approximate surface area is 200 Å². The Balaban J connectivity index is 1.39. The van der Waals surface area contributed by atoms with Crippen LogP contribution < -0.4 is 25.2 Å². The molecule has 3 aromatic carbocycles. The molecule has 1 aromatic heterocycles.